The van der Waals surface area contributed by atoms with Gasteiger partial charge in [0.15, 0.2) is 6.10 Å². The molecule has 0 bridgehead atoms. The Morgan fingerprint density at radius 2 is 1.16 bits per heavy atom. The van der Waals surface area contributed by atoms with Crippen molar-refractivity contribution in [2.45, 2.75) is 193 Å². The predicted octanol–water partition coefficient (Wildman–Crippen LogP) is 10.4. The number of unbranched alkanes of at least 4 members (excludes halogenated alkanes) is 17. The fourth-order valence-electron chi connectivity index (χ4n) is 5.66. The number of nitrogens with two attached hydrogens (primary N) is 1. The van der Waals surface area contributed by atoms with Crippen molar-refractivity contribution in [1.29, 1.82) is 0 Å². The number of aliphatic carboxylic acids is 1. The van der Waals surface area contributed by atoms with E-state index in [4.69, 9.17) is 24.8 Å². The summed E-state index contributed by atoms with van der Waals surface area (Å²) in [7, 11) is -4.75. The Hall–Kier alpha value is -2.60. The van der Waals surface area contributed by atoms with E-state index in [1.165, 1.54) is 64.2 Å². The first-order valence-electron chi connectivity index (χ1n) is 21.8. The summed E-state index contributed by atoms with van der Waals surface area (Å²) in [5.74, 6) is -2.51. The van der Waals surface area contributed by atoms with Crippen LogP contribution >= 0.6 is 7.82 Å². The zero-order valence-electron chi connectivity index (χ0n) is 35.3. The van der Waals surface area contributed by atoms with Crippen LogP contribution < -0.4 is 5.73 Å². The van der Waals surface area contributed by atoms with E-state index in [-0.39, 0.29) is 19.4 Å². The molecule has 57 heavy (non-hydrogen) atoms. The summed E-state index contributed by atoms with van der Waals surface area (Å²) < 4.78 is 32.6. The number of esters is 2. The number of carboxylic acids is 1. The van der Waals surface area contributed by atoms with Crippen LogP contribution in [0.1, 0.15) is 174 Å². The quantitative estimate of drug-likeness (QED) is 0.0150. The number of hydrogen-bond donors (Lipinski definition) is 4. The van der Waals surface area contributed by atoms with Crippen LogP contribution in [0.3, 0.4) is 0 Å². The van der Waals surface area contributed by atoms with Crippen LogP contribution in [0.4, 0.5) is 0 Å². The number of allylic oxidation sites excluding steroid dienone is 7. The van der Waals surface area contributed by atoms with Crippen molar-refractivity contribution < 1.29 is 52.6 Å². The molecule has 0 rings (SSSR count). The zero-order chi connectivity index (χ0) is 42.2. The van der Waals surface area contributed by atoms with Gasteiger partial charge in [0.05, 0.1) is 19.3 Å². The molecular formula is C44H78NO11P. The highest BCUT2D eigenvalue weighted by molar-refractivity contribution is 7.47. The minimum absolute atomic E-state index is 0.0551. The van der Waals surface area contributed by atoms with Gasteiger partial charge in [-0.05, 0) is 57.8 Å². The average Bonchev–Trinajstić information content (AvgIpc) is 3.18. The summed E-state index contributed by atoms with van der Waals surface area (Å²) in [5, 5.41) is 19.0. The molecule has 4 unspecified atom stereocenters. The van der Waals surface area contributed by atoms with Gasteiger partial charge >= 0.3 is 25.7 Å². The van der Waals surface area contributed by atoms with Crippen LogP contribution in [0.2, 0.25) is 0 Å². The first kappa shape index (κ1) is 54.4. The molecule has 4 atom stereocenters. The number of aliphatic hydroxyl groups excluding tert-OH is 1. The number of carbonyl (C=O) groups excluding carboxylic acids is 2. The summed E-state index contributed by atoms with van der Waals surface area (Å²) in [4.78, 5) is 45.9. The number of carboxylic acid groups (broad SMARTS) is 1. The van der Waals surface area contributed by atoms with Gasteiger partial charge in [0, 0.05) is 12.8 Å². The lowest BCUT2D eigenvalue weighted by Crippen LogP contribution is -2.34. The maximum Gasteiger partial charge on any atom is 0.472 e. The average molecular weight is 828 g/mol. The molecule has 0 fully saturated rings. The Bertz CT molecular complexity index is 1170. The van der Waals surface area contributed by atoms with Crippen molar-refractivity contribution in [1.82, 2.24) is 0 Å². The molecule has 5 N–H and O–H groups in total. The van der Waals surface area contributed by atoms with Crippen LogP contribution in [0, 0.1) is 0 Å². The second-order valence-corrected chi connectivity index (χ2v) is 16.1. The highest BCUT2D eigenvalue weighted by Gasteiger charge is 2.28. The number of ether oxygens (including phenoxy) is 2. The molecular weight excluding hydrogens is 749 g/mol. The number of phosphoric acid groups is 1. The Kier molecular flexibility index (Phi) is 37.1. The van der Waals surface area contributed by atoms with Gasteiger partial charge in [0.1, 0.15) is 12.6 Å². The van der Waals surface area contributed by atoms with Crippen LogP contribution in [0.15, 0.2) is 48.6 Å². The summed E-state index contributed by atoms with van der Waals surface area (Å²) in [6, 6.07) is -1.54. The molecule has 0 heterocycles. The standard InChI is InChI=1S/C44H78NO11P/c1-3-5-7-9-11-12-13-14-15-16-17-18-22-26-30-34-42(47)53-36-40(37-54-57(51,52)55-38-41(45)44(49)50)56-43(48)35-31-27-23-20-19-21-25-29-33-39(46)32-28-24-10-8-6-4-2/h14-15,20-21,23,25,29,33,39-41,46H,3-13,16-19,22,24,26-28,30-32,34-38,45H2,1-2H3,(H,49,50)(H,51,52)/b15-14-,23-20-,25-21-,33-29-. The number of phosphoric ester groups is 1. The Morgan fingerprint density at radius 1 is 0.632 bits per heavy atom. The lowest BCUT2D eigenvalue weighted by molar-refractivity contribution is -0.161. The first-order valence-corrected chi connectivity index (χ1v) is 23.3. The van der Waals surface area contributed by atoms with Crippen molar-refractivity contribution in [2.75, 3.05) is 19.8 Å². The van der Waals surface area contributed by atoms with Crippen molar-refractivity contribution in [3.8, 4) is 0 Å². The molecule has 13 heteroatoms. The van der Waals surface area contributed by atoms with Crippen LogP contribution in [-0.4, -0.2) is 71.1 Å². The SMILES string of the molecule is CCCCCCCC/C=C\CCCCCCCC(=O)OCC(COP(=O)(O)OCC(N)C(=O)O)OC(=O)CCC/C=C\C/C=C\C=C/C(O)CCCCCCCC. The second kappa shape index (κ2) is 38.9. The number of aliphatic hydroxyl groups is 1. The van der Waals surface area contributed by atoms with Crippen molar-refractivity contribution >= 4 is 25.7 Å². The Morgan fingerprint density at radius 3 is 1.79 bits per heavy atom. The van der Waals surface area contributed by atoms with Gasteiger partial charge in [0.25, 0.3) is 0 Å². The van der Waals surface area contributed by atoms with E-state index in [2.05, 4.69) is 30.5 Å². The summed E-state index contributed by atoms with van der Waals surface area (Å²) >= 11 is 0. The Labute approximate surface area is 344 Å². The summed E-state index contributed by atoms with van der Waals surface area (Å²) in [6.07, 6.45) is 39.2. The van der Waals surface area contributed by atoms with E-state index < -0.39 is 57.2 Å². The Balaban J connectivity index is 4.54. The molecule has 0 aromatic rings. The highest BCUT2D eigenvalue weighted by Crippen LogP contribution is 2.43. The van der Waals surface area contributed by atoms with Gasteiger partial charge in [-0.1, -0.05) is 152 Å². The number of hydrogen-bond acceptors (Lipinski definition) is 10. The maximum absolute atomic E-state index is 12.6. The molecule has 0 aromatic heterocycles. The minimum Gasteiger partial charge on any atom is -0.480 e. The minimum atomic E-state index is -4.75. The van der Waals surface area contributed by atoms with Crippen LogP contribution in [0.5, 0.6) is 0 Å². The maximum atomic E-state index is 12.6. The molecule has 0 aromatic carbocycles. The zero-order valence-corrected chi connectivity index (χ0v) is 36.2. The van der Waals surface area contributed by atoms with E-state index in [1.54, 1.807) is 6.08 Å². The molecule has 0 aliphatic rings. The molecule has 0 amide bonds. The molecule has 0 saturated heterocycles. The van der Waals surface area contributed by atoms with Gasteiger partial charge < -0.3 is 30.3 Å². The summed E-state index contributed by atoms with van der Waals surface area (Å²) in [5.41, 5.74) is 5.32. The molecule has 0 saturated carbocycles. The summed E-state index contributed by atoms with van der Waals surface area (Å²) in [6.45, 7) is 2.64. The van der Waals surface area contributed by atoms with E-state index in [9.17, 15) is 28.9 Å². The largest absolute Gasteiger partial charge is 0.480 e. The van der Waals surface area contributed by atoms with Crippen molar-refractivity contribution in [2.24, 2.45) is 5.73 Å². The van der Waals surface area contributed by atoms with Crippen LogP contribution in [-0.2, 0) is 37.5 Å². The fraction of sp³-hybridized carbons (Fsp3) is 0.750. The molecule has 0 radical (unpaired) electrons. The third-order valence-corrected chi connectivity index (χ3v) is 10.1. The highest BCUT2D eigenvalue weighted by atomic mass is 31.2. The monoisotopic (exact) mass is 828 g/mol. The number of rotatable bonds is 40. The van der Waals surface area contributed by atoms with Crippen molar-refractivity contribution in [3.05, 3.63) is 48.6 Å². The lowest BCUT2D eigenvalue weighted by atomic mass is 10.1. The van der Waals surface area contributed by atoms with Gasteiger partial charge in [0.2, 0.25) is 0 Å². The second-order valence-electron chi connectivity index (χ2n) is 14.7. The van der Waals surface area contributed by atoms with Crippen molar-refractivity contribution in [3.63, 3.8) is 0 Å². The molecule has 0 aliphatic heterocycles. The normalized spacial score (nSPS) is 14.8. The third kappa shape index (κ3) is 38.7. The van der Waals surface area contributed by atoms with Gasteiger partial charge in [-0.3, -0.25) is 23.4 Å². The van der Waals surface area contributed by atoms with Crippen LogP contribution in [0.25, 0.3) is 0 Å². The van der Waals surface area contributed by atoms with E-state index in [0.717, 1.165) is 57.8 Å². The van der Waals surface area contributed by atoms with E-state index >= 15 is 0 Å². The first-order chi connectivity index (χ1) is 27.5. The van der Waals surface area contributed by atoms with E-state index in [1.807, 2.05) is 30.4 Å². The molecule has 0 spiro atoms. The molecule has 0 aliphatic carbocycles. The van der Waals surface area contributed by atoms with E-state index in [0.29, 0.717) is 25.7 Å². The topological polar surface area (TPSA) is 192 Å². The molecule has 330 valence electrons. The van der Waals surface area contributed by atoms with Gasteiger partial charge in [-0.2, -0.15) is 0 Å². The van der Waals surface area contributed by atoms with Gasteiger partial charge in [-0.15, -0.1) is 0 Å². The van der Waals surface area contributed by atoms with Gasteiger partial charge in [-0.25, -0.2) is 4.57 Å². The molecule has 12 nitrogen and oxygen atoms in total. The predicted molar refractivity (Wildman–Crippen MR) is 228 cm³/mol. The smallest absolute Gasteiger partial charge is 0.472 e. The number of carbonyl (C=O) groups is 3. The lowest BCUT2D eigenvalue weighted by Gasteiger charge is -2.20. The fourth-order valence-corrected chi connectivity index (χ4v) is 6.43. The third-order valence-electron chi connectivity index (χ3n) is 9.15.